The van der Waals surface area contributed by atoms with E-state index in [-0.39, 0.29) is 6.04 Å². The Morgan fingerprint density at radius 3 is 3.05 bits per heavy atom. The second-order valence-corrected chi connectivity index (χ2v) is 4.53. The highest BCUT2D eigenvalue weighted by Gasteiger charge is 2.14. The smallest absolute Gasteiger partial charge is 0.408 e. The van der Waals surface area contributed by atoms with Gasteiger partial charge in [0.2, 0.25) is 0 Å². The van der Waals surface area contributed by atoms with Gasteiger partial charge in [0, 0.05) is 18.5 Å². The molecule has 2 heterocycles. The highest BCUT2D eigenvalue weighted by molar-refractivity contribution is 5.85. The molecule has 0 bridgehead atoms. The highest BCUT2D eigenvalue weighted by atomic mass is 16.4. The second kappa shape index (κ2) is 4.76. The molecule has 1 atom stereocenters. The van der Waals surface area contributed by atoms with Crippen molar-refractivity contribution in [2.45, 2.75) is 19.4 Å². The zero-order valence-corrected chi connectivity index (χ0v) is 10.9. The van der Waals surface area contributed by atoms with Crippen molar-refractivity contribution in [3.05, 3.63) is 40.9 Å². The van der Waals surface area contributed by atoms with Gasteiger partial charge >= 0.3 is 5.76 Å². The number of anilines is 2. The summed E-state index contributed by atoms with van der Waals surface area (Å²) in [5, 5.41) is 3.32. The molecule has 0 aliphatic heterocycles. The van der Waals surface area contributed by atoms with Crippen LogP contribution in [-0.4, -0.2) is 15.0 Å². The van der Waals surface area contributed by atoms with Crippen molar-refractivity contribution in [1.29, 1.82) is 0 Å². The molecule has 0 amide bonds. The molecule has 0 saturated heterocycles. The Hall–Kier alpha value is -2.70. The summed E-state index contributed by atoms with van der Waals surface area (Å²) in [6, 6.07) is 3.41. The Morgan fingerprint density at radius 2 is 2.35 bits per heavy atom. The number of nitrogen functional groups attached to an aromatic ring is 1. The van der Waals surface area contributed by atoms with Crippen molar-refractivity contribution in [2.75, 3.05) is 11.1 Å². The highest BCUT2D eigenvalue weighted by Crippen LogP contribution is 2.28. The van der Waals surface area contributed by atoms with E-state index >= 15 is 0 Å². The van der Waals surface area contributed by atoms with Gasteiger partial charge in [-0.2, -0.15) is 0 Å². The summed E-state index contributed by atoms with van der Waals surface area (Å²) in [4.78, 5) is 21.1. The van der Waals surface area contributed by atoms with Gasteiger partial charge in [-0.05, 0) is 12.5 Å². The largest absolute Gasteiger partial charge is 0.417 e. The van der Waals surface area contributed by atoms with E-state index in [0.29, 0.717) is 16.8 Å². The number of benzene rings is 1. The summed E-state index contributed by atoms with van der Waals surface area (Å²) in [6.07, 6.45) is 4.33. The molecule has 0 spiro atoms. The molecule has 3 aromatic rings. The van der Waals surface area contributed by atoms with Gasteiger partial charge in [0.25, 0.3) is 0 Å². The van der Waals surface area contributed by atoms with Crippen molar-refractivity contribution in [2.24, 2.45) is 0 Å². The molecule has 1 aromatic carbocycles. The van der Waals surface area contributed by atoms with Crippen molar-refractivity contribution >= 4 is 22.5 Å². The molecule has 0 aliphatic carbocycles. The number of rotatable bonds is 4. The van der Waals surface area contributed by atoms with Gasteiger partial charge in [0.15, 0.2) is 5.58 Å². The first-order valence-corrected chi connectivity index (χ1v) is 6.35. The molecule has 20 heavy (non-hydrogen) atoms. The quantitative estimate of drug-likeness (QED) is 0.543. The average Bonchev–Trinajstić information content (AvgIpc) is 3.04. The molecule has 5 N–H and O–H groups in total. The van der Waals surface area contributed by atoms with E-state index < -0.39 is 5.76 Å². The van der Waals surface area contributed by atoms with Crippen LogP contribution in [0, 0.1) is 0 Å². The van der Waals surface area contributed by atoms with Gasteiger partial charge in [0.05, 0.1) is 22.9 Å². The van der Waals surface area contributed by atoms with E-state index in [1.165, 1.54) is 0 Å². The summed E-state index contributed by atoms with van der Waals surface area (Å²) >= 11 is 0. The molecular formula is C13H15N5O2. The monoisotopic (exact) mass is 273 g/mol. The van der Waals surface area contributed by atoms with Crippen LogP contribution in [0.15, 0.2) is 33.7 Å². The maximum absolute atomic E-state index is 11.2. The van der Waals surface area contributed by atoms with Crippen LogP contribution in [0.2, 0.25) is 0 Å². The molecule has 7 nitrogen and oxygen atoms in total. The fourth-order valence-corrected chi connectivity index (χ4v) is 2.16. The van der Waals surface area contributed by atoms with Crippen LogP contribution in [-0.2, 0) is 0 Å². The maximum atomic E-state index is 11.2. The Bertz CT molecular complexity index is 772. The van der Waals surface area contributed by atoms with Crippen molar-refractivity contribution < 1.29 is 4.42 Å². The van der Waals surface area contributed by atoms with Crippen molar-refractivity contribution in [3.8, 4) is 0 Å². The minimum Gasteiger partial charge on any atom is -0.408 e. The van der Waals surface area contributed by atoms with E-state index in [4.69, 9.17) is 10.2 Å². The lowest BCUT2D eigenvalue weighted by atomic mass is 10.1. The number of aromatic amines is 2. The summed E-state index contributed by atoms with van der Waals surface area (Å²) in [5.41, 5.74) is 8.30. The van der Waals surface area contributed by atoms with E-state index in [0.717, 1.165) is 17.9 Å². The van der Waals surface area contributed by atoms with Gasteiger partial charge in [-0.1, -0.05) is 6.92 Å². The molecule has 0 saturated carbocycles. The Morgan fingerprint density at radius 1 is 1.50 bits per heavy atom. The number of oxazole rings is 1. The number of nitrogens with zero attached hydrogens (tertiary/aromatic N) is 1. The normalized spacial score (nSPS) is 12.7. The van der Waals surface area contributed by atoms with Crippen molar-refractivity contribution in [3.63, 3.8) is 0 Å². The lowest BCUT2D eigenvalue weighted by Gasteiger charge is -2.17. The SMILES string of the molecule is CCC(Nc1cc2[nH]c(=O)oc2cc1N)c1ncc[nH]1. The van der Waals surface area contributed by atoms with Crippen LogP contribution >= 0.6 is 0 Å². The number of nitrogens with two attached hydrogens (primary N) is 1. The van der Waals surface area contributed by atoms with Gasteiger partial charge in [0.1, 0.15) is 5.82 Å². The first kappa shape index (κ1) is 12.3. The van der Waals surface area contributed by atoms with Crippen LogP contribution in [0.1, 0.15) is 25.2 Å². The standard InChI is InChI=1S/C13H15N5O2/c1-2-8(12-15-3-4-16-12)17-9-6-10-11(5-7(9)14)20-13(19)18-10/h3-6,8,17H,2,14H2,1H3,(H,15,16)(H,18,19). The third kappa shape index (κ3) is 2.13. The molecule has 0 aliphatic rings. The Kier molecular flexibility index (Phi) is 2.94. The zero-order chi connectivity index (χ0) is 14.1. The minimum absolute atomic E-state index is 0.0170. The molecule has 0 fully saturated rings. The Balaban J connectivity index is 1.97. The first-order chi connectivity index (χ1) is 9.67. The zero-order valence-electron chi connectivity index (χ0n) is 10.9. The molecule has 0 radical (unpaired) electrons. The predicted molar refractivity (Wildman–Crippen MR) is 76.5 cm³/mol. The lowest BCUT2D eigenvalue weighted by molar-refractivity contribution is 0.555. The third-order valence-corrected chi connectivity index (χ3v) is 3.18. The number of H-pyrrole nitrogens is 2. The van der Waals surface area contributed by atoms with Gasteiger partial charge < -0.3 is 20.5 Å². The van der Waals surface area contributed by atoms with Crippen LogP contribution in [0.25, 0.3) is 11.1 Å². The number of fused-ring (bicyclic) bond motifs is 1. The van der Waals surface area contributed by atoms with Crippen LogP contribution in [0.5, 0.6) is 0 Å². The molecular weight excluding hydrogens is 258 g/mol. The van der Waals surface area contributed by atoms with E-state index in [1.54, 1.807) is 24.5 Å². The average molecular weight is 273 g/mol. The van der Waals surface area contributed by atoms with E-state index in [2.05, 4.69) is 27.2 Å². The van der Waals surface area contributed by atoms with Crippen LogP contribution in [0.4, 0.5) is 11.4 Å². The fraction of sp³-hybridized carbons (Fsp3) is 0.231. The number of imidazole rings is 1. The van der Waals surface area contributed by atoms with E-state index in [9.17, 15) is 4.79 Å². The van der Waals surface area contributed by atoms with Crippen LogP contribution in [0.3, 0.4) is 0 Å². The summed E-state index contributed by atoms with van der Waals surface area (Å²) in [5.74, 6) is 0.349. The van der Waals surface area contributed by atoms with Gasteiger partial charge in [-0.15, -0.1) is 0 Å². The lowest BCUT2D eigenvalue weighted by Crippen LogP contribution is -2.12. The Labute approximate surface area is 114 Å². The molecule has 1 unspecified atom stereocenters. The van der Waals surface area contributed by atoms with Crippen LogP contribution < -0.4 is 16.8 Å². The number of nitrogens with one attached hydrogen (secondary N) is 3. The minimum atomic E-state index is -0.491. The maximum Gasteiger partial charge on any atom is 0.417 e. The summed E-state index contributed by atoms with van der Waals surface area (Å²) in [7, 11) is 0. The van der Waals surface area contributed by atoms with E-state index in [1.807, 2.05) is 0 Å². The fourth-order valence-electron chi connectivity index (χ4n) is 2.16. The second-order valence-electron chi connectivity index (χ2n) is 4.53. The van der Waals surface area contributed by atoms with Gasteiger partial charge in [-0.25, -0.2) is 9.78 Å². The van der Waals surface area contributed by atoms with Crippen molar-refractivity contribution in [1.82, 2.24) is 15.0 Å². The molecule has 2 aromatic heterocycles. The molecule has 7 heteroatoms. The number of aromatic nitrogens is 3. The predicted octanol–water partition coefficient (Wildman–Crippen LogP) is 1.99. The molecule has 3 rings (SSSR count). The first-order valence-electron chi connectivity index (χ1n) is 6.35. The van der Waals surface area contributed by atoms with Gasteiger partial charge in [-0.3, -0.25) is 4.98 Å². The topological polar surface area (TPSA) is 113 Å². The summed E-state index contributed by atoms with van der Waals surface area (Å²) < 4.78 is 4.97. The third-order valence-electron chi connectivity index (χ3n) is 3.18. The number of hydrogen-bond donors (Lipinski definition) is 4. The number of hydrogen-bond acceptors (Lipinski definition) is 5. The summed E-state index contributed by atoms with van der Waals surface area (Å²) in [6.45, 7) is 2.05. The molecule has 104 valence electrons.